The van der Waals surface area contributed by atoms with Crippen LogP contribution in [0.3, 0.4) is 0 Å². The third-order valence-electron chi connectivity index (χ3n) is 5.79. The van der Waals surface area contributed by atoms with E-state index in [0.717, 1.165) is 32.3 Å². The summed E-state index contributed by atoms with van der Waals surface area (Å²) in [6, 6.07) is 14.4. The minimum absolute atomic E-state index is 0.339. The van der Waals surface area contributed by atoms with Gasteiger partial charge in [-0.25, -0.2) is 9.78 Å². The number of carbonyl (C=O) groups is 3. The number of rotatable bonds is 4. The highest BCUT2D eigenvalue weighted by atomic mass is 32.1. The molecule has 2 heterocycles. The summed E-state index contributed by atoms with van der Waals surface area (Å²) in [5, 5.41) is 8.55. The molecule has 1 spiro atoms. The number of fused-ring (bicyclic) bond motifs is 2. The molecule has 5 rings (SSSR count). The van der Waals surface area contributed by atoms with E-state index in [2.05, 4.69) is 15.6 Å². The van der Waals surface area contributed by atoms with Crippen LogP contribution >= 0.6 is 11.3 Å². The van der Waals surface area contributed by atoms with Crippen LogP contribution in [0.5, 0.6) is 0 Å². The fourth-order valence-electron chi connectivity index (χ4n) is 4.33. The average Bonchev–Trinajstić information content (AvgIpc) is 3.42. The number of nitrogens with zero attached hydrogens (tertiary/aromatic N) is 2. The van der Waals surface area contributed by atoms with E-state index in [1.54, 1.807) is 17.4 Å². The molecule has 2 aliphatic rings. The van der Waals surface area contributed by atoms with Gasteiger partial charge in [0, 0.05) is 16.6 Å². The molecule has 3 aromatic rings. The summed E-state index contributed by atoms with van der Waals surface area (Å²) in [5.41, 5.74) is 3.13. The summed E-state index contributed by atoms with van der Waals surface area (Å²) in [4.78, 5) is 43.9. The summed E-state index contributed by atoms with van der Waals surface area (Å²) >= 11 is 1.56. The number of hydrogen-bond donors (Lipinski definition) is 2. The molecule has 31 heavy (non-hydrogen) atoms. The molecule has 0 saturated carbocycles. The van der Waals surface area contributed by atoms with Gasteiger partial charge in [0.25, 0.3) is 5.91 Å². The number of aryl methyl sites for hydroxylation is 2. The second-order valence-electron chi connectivity index (χ2n) is 7.76. The maximum Gasteiger partial charge on any atom is 0.325 e. The van der Waals surface area contributed by atoms with Crippen LogP contribution in [0.4, 0.5) is 10.5 Å². The number of benzene rings is 2. The minimum atomic E-state index is -1.06. The number of amides is 4. The number of aromatic nitrogens is 1. The van der Waals surface area contributed by atoms with Gasteiger partial charge < -0.3 is 10.6 Å². The Kier molecular flexibility index (Phi) is 4.59. The van der Waals surface area contributed by atoms with Gasteiger partial charge in [0.05, 0.1) is 10.7 Å². The van der Waals surface area contributed by atoms with Crippen LogP contribution in [0.25, 0.3) is 11.3 Å². The van der Waals surface area contributed by atoms with Crippen molar-refractivity contribution in [2.45, 2.75) is 25.3 Å². The second kappa shape index (κ2) is 7.31. The van der Waals surface area contributed by atoms with Gasteiger partial charge in [0.1, 0.15) is 12.1 Å². The van der Waals surface area contributed by atoms with E-state index in [1.165, 1.54) is 0 Å². The Morgan fingerprint density at radius 1 is 1.23 bits per heavy atom. The van der Waals surface area contributed by atoms with Crippen molar-refractivity contribution in [1.29, 1.82) is 0 Å². The van der Waals surface area contributed by atoms with Crippen molar-refractivity contribution in [3.05, 3.63) is 70.0 Å². The lowest BCUT2D eigenvalue weighted by Crippen LogP contribution is -2.42. The van der Waals surface area contributed by atoms with E-state index < -0.39 is 17.5 Å². The Hall–Kier alpha value is -3.52. The van der Waals surface area contributed by atoms with Crippen LogP contribution < -0.4 is 10.6 Å². The SMILES string of the molecule is Cc1nc(-c2cccc(NC(=O)CN3C(=O)NC4(CCc5ccccc54)C3=O)c2)cs1. The molecule has 1 aliphatic heterocycles. The molecule has 7 nitrogen and oxygen atoms in total. The quantitative estimate of drug-likeness (QED) is 0.618. The van der Waals surface area contributed by atoms with Crippen molar-refractivity contribution >= 4 is 34.9 Å². The standard InChI is InChI=1S/C23H20N4O3S/c1-14-24-19(13-31-14)16-6-4-7-17(11-16)25-20(28)12-27-21(29)23(26-22(27)30)10-9-15-5-2-3-8-18(15)23/h2-8,11,13H,9-10,12H2,1H3,(H,25,28)(H,26,30). The summed E-state index contributed by atoms with van der Waals surface area (Å²) in [7, 11) is 0. The van der Waals surface area contributed by atoms with Gasteiger partial charge >= 0.3 is 6.03 Å². The first-order valence-electron chi connectivity index (χ1n) is 10.0. The predicted octanol–water partition coefficient (Wildman–Crippen LogP) is 3.45. The van der Waals surface area contributed by atoms with Gasteiger partial charge in [0.15, 0.2) is 0 Å². The molecule has 0 bridgehead atoms. The highest BCUT2D eigenvalue weighted by molar-refractivity contribution is 7.09. The van der Waals surface area contributed by atoms with Crippen LogP contribution in [0.2, 0.25) is 0 Å². The van der Waals surface area contributed by atoms with Crippen molar-refractivity contribution in [3.8, 4) is 11.3 Å². The molecule has 0 radical (unpaired) electrons. The number of anilines is 1. The highest BCUT2D eigenvalue weighted by Gasteiger charge is 2.55. The van der Waals surface area contributed by atoms with Crippen molar-refractivity contribution in [2.75, 3.05) is 11.9 Å². The Morgan fingerprint density at radius 2 is 2.06 bits per heavy atom. The molecule has 4 amide bonds. The van der Waals surface area contributed by atoms with Gasteiger partial charge in [-0.15, -0.1) is 11.3 Å². The summed E-state index contributed by atoms with van der Waals surface area (Å²) in [5.74, 6) is -0.803. The van der Waals surface area contributed by atoms with Gasteiger partial charge in [-0.2, -0.15) is 0 Å². The van der Waals surface area contributed by atoms with E-state index in [4.69, 9.17) is 0 Å². The Morgan fingerprint density at radius 3 is 2.87 bits per heavy atom. The van der Waals surface area contributed by atoms with E-state index in [9.17, 15) is 14.4 Å². The monoisotopic (exact) mass is 432 g/mol. The smallest absolute Gasteiger partial charge is 0.325 e. The first kappa shape index (κ1) is 19.4. The van der Waals surface area contributed by atoms with Crippen LogP contribution in [0.1, 0.15) is 22.6 Å². The van der Waals surface area contributed by atoms with E-state index >= 15 is 0 Å². The lowest BCUT2D eigenvalue weighted by molar-refractivity contribution is -0.134. The van der Waals surface area contributed by atoms with Gasteiger partial charge in [-0.3, -0.25) is 14.5 Å². The van der Waals surface area contributed by atoms with Gasteiger partial charge in [-0.05, 0) is 43.0 Å². The zero-order valence-corrected chi connectivity index (χ0v) is 17.7. The zero-order chi connectivity index (χ0) is 21.6. The maximum atomic E-state index is 13.2. The number of imide groups is 1. The van der Waals surface area contributed by atoms with E-state index in [1.807, 2.05) is 54.8 Å². The highest BCUT2D eigenvalue weighted by Crippen LogP contribution is 2.41. The Balaban J connectivity index is 1.31. The molecule has 1 unspecified atom stereocenters. The third-order valence-corrected chi connectivity index (χ3v) is 6.56. The summed E-state index contributed by atoms with van der Waals surface area (Å²) in [6.45, 7) is 1.60. The topological polar surface area (TPSA) is 91.4 Å². The number of carbonyl (C=O) groups excluding carboxylic acids is 3. The minimum Gasteiger partial charge on any atom is -0.325 e. The van der Waals surface area contributed by atoms with Crippen LogP contribution in [-0.2, 0) is 21.5 Å². The Labute approximate surface area is 183 Å². The van der Waals surface area contributed by atoms with Crippen molar-refractivity contribution in [3.63, 3.8) is 0 Å². The van der Waals surface area contributed by atoms with Crippen molar-refractivity contribution in [1.82, 2.24) is 15.2 Å². The molecule has 1 fully saturated rings. The fraction of sp³-hybridized carbons (Fsp3) is 0.217. The maximum absolute atomic E-state index is 13.2. The van der Waals surface area contributed by atoms with Gasteiger partial charge in [0.2, 0.25) is 5.91 Å². The van der Waals surface area contributed by atoms with E-state index in [-0.39, 0.29) is 12.5 Å². The molecule has 2 aromatic carbocycles. The molecule has 1 aromatic heterocycles. The van der Waals surface area contributed by atoms with Crippen molar-refractivity contribution in [2.24, 2.45) is 0 Å². The molecule has 2 N–H and O–H groups in total. The summed E-state index contributed by atoms with van der Waals surface area (Å²) in [6.07, 6.45) is 1.22. The first-order valence-corrected chi connectivity index (χ1v) is 10.9. The lowest BCUT2D eigenvalue weighted by Gasteiger charge is -2.22. The van der Waals surface area contributed by atoms with Gasteiger partial charge in [-0.1, -0.05) is 36.4 Å². The van der Waals surface area contributed by atoms with Crippen LogP contribution in [0.15, 0.2) is 53.9 Å². The molecular formula is C23H20N4O3S. The number of nitrogens with one attached hydrogen (secondary N) is 2. The second-order valence-corrected chi connectivity index (χ2v) is 8.83. The Bertz CT molecular complexity index is 1220. The lowest BCUT2D eigenvalue weighted by atomic mass is 9.92. The van der Waals surface area contributed by atoms with Crippen LogP contribution in [0, 0.1) is 6.92 Å². The number of hydrogen-bond acceptors (Lipinski definition) is 5. The van der Waals surface area contributed by atoms with E-state index in [0.29, 0.717) is 18.5 Å². The predicted molar refractivity (Wildman–Crippen MR) is 118 cm³/mol. The fourth-order valence-corrected chi connectivity index (χ4v) is 4.95. The molecular weight excluding hydrogens is 412 g/mol. The molecule has 1 aliphatic carbocycles. The molecule has 156 valence electrons. The normalized spacial score (nSPS) is 19.6. The largest absolute Gasteiger partial charge is 0.325 e. The molecule has 1 atom stereocenters. The first-order chi connectivity index (χ1) is 15.0. The van der Waals surface area contributed by atoms with Crippen LogP contribution in [-0.4, -0.2) is 34.3 Å². The average molecular weight is 433 g/mol. The number of urea groups is 1. The summed E-state index contributed by atoms with van der Waals surface area (Å²) < 4.78 is 0. The zero-order valence-electron chi connectivity index (χ0n) is 16.8. The molecule has 8 heteroatoms. The number of thiazole rings is 1. The molecule has 1 saturated heterocycles. The van der Waals surface area contributed by atoms with Crippen molar-refractivity contribution < 1.29 is 14.4 Å². The third kappa shape index (κ3) is 3.29.